The minimum Gasteiger partial charge on any atom is -0.302 e. The Balaban J connectivity index is 1.88. The van der Waals surface area contributed by atoms with Crippen molar-refractivity contribution >= 4 is 23.2 Å². The highest BCUT2D eigenvalue weighted by Gasteiger charge is 2.31. The molecule has 3 heteroatoms. The predicted octanol–water partition coefficient (Wildman–Crippen LogP) is 5.33. The van der Waals surface area contributed by atoms with Crippen molar-refractivity contribution in [3.8, 4) is 0 Å². The first-order valence-electron chi connectivity index (χ1n) is 7.25. The topological polar surface area (TPSA) is 3.24 Å². The van der Waals surface area contributed by atoms with Gasteiger partial charge in [0.1, 0.15) is 0 Å². The lowest BCUT2D eigenvalue weighted by atomic mass is 9.93. The quantitative estimate of drug-likeness (QED) is 0.739. The maximum Gasteiger partial charge on any atom is 0.0595 e. The van der Waals surface area contributed by atoms with Crippen LogP contribution in [0.25, 0.3) is 0 Å². The van der Waals surface area contributed by atoms with Crippen LogP contribution in [0.5, 0.6) is 0 Å². The average Bonchev–Trinajstić information content (AvgIpc) is 2.82. The van der Waals surface area contributed by atoms with Gasteiger partial charge >= 0.3 is 0 Å². The van der Waals surface area contributed by atoms with Crippen LogP contribution in [0.2, 0.25) is 10.0 Å². The molecular weight excluding hydrogens is 301 g/mol. The van der Waals surface area contributed by atoms with Crippen molar-refractivity contribution in [3.63, 3.8) is 0 Å². The molecule has 0 spiro atoms. The van der Waals surface area contributed by atoms with Gasteiger partial charge in [0.05, 0.1) is 10.0 Å². The molecule has 1 nitrogen and oxygen atoms in total. The minimum atomic E-state index is 0.508. The van der Waals surface area contributed by atoms with E-state index in [2.05, 4.69) is 49.3 Å². The van der Waals surface area contributed by atoms with Crippen LogP contribution in [0.3, 0.4) is 0 Å². The van der Waals surface area contributed by atoms with Crippen molar-refractivity contribution in [3.05, 3.63) is 69.2 Å². The number of fused-ring (bicyclic) bond motifs is 1. The SMILES string of the molecule is CN(C)[C@@H]1C[C@@H](Cc2ccc(Cl)c(Cl)c2)c2ccccc21. The van der Waals surface area contributed by atoms with Crippen molar-refractivity contribution in [1.82, 2.24) is 4.90 Å². The minimum absolute atomic E-state index is 0.508. The second-order valence-electron chi connectivity index (χ2n) is 5.99. The normalized spacial score (nSPS) is 20.8. The summed E-state index contributed by atoms with van der Waals surface area (Å²) < 4.78 is 0. The van der Waals surface area contributed by atoms with E-state index in [4.69, 9.17) is 23.2 Å². The summed E-state index contributed by atoms with van der Waals surface area (Å²) in [5.41, 5.74) is 4.19. The molecule has 0 fully saturated rings. The predicted molar refractivity (Wildman–Crippen MR) is 90.4 cm³/mol. The highest BCUT2D eigenvalue weighted by molar-refractivity contribution is 6.42. The zero-order valence-electron chi connectivity index (χ0n) is 12.3. The van der Waals surface area contributed by atoms with Crippen LogP contribution in [0.4, 0.5) is 0 Å². The van der Waals surface area contributed by atoms with Crippen LogP contribution < -0.4 is 0 Å². The van der Waals surface area contributed by atoms with Gasteiger partial charge in [-0.15, -0.1) is 0 Å². The van der Waals surface area contributed by atoms with Crippen molar-refractivity contribution in [2.45, 2.75) is 24.8 Å². The zero-order chi connectivity index (χ0) is 15.0. The van der Waals surface area contributed by atoms with Gasteiger partial charge in [-0.2, -0.15) is 0 Å². The molecule has 0 saturated heterocycles. The molecule has 21 heavy (non-hydrogen) atoms. The first-order valence-corrected chi connectivity index (χ1v) is 8.01. The lowest BCUT2D eigenvalue weighted by Gasteiger charge is -2.20. The highest BCUT2D eigenvalue weighted by Crippen LogP contribution is 2.44. The molecule has 2 aromatic carbocycles. The molecule has 0 unspecified atom stereocenters. The van der Waals surface area contributed by atoms with Gasteiger partial charge in [0, 0.05) is 6.04 Å². The van der Waals surface area contributed by atoms with Crippen molar-refractivity contribution in [2.24, 2.45) is 0 Å². The fourth-order valence-electron chi connectivity index (χ4n) is 3.34. The smallest absolute Gasteiger partial charge is 0.0595 e. The number of rotatable bonds is 3. The Morgan fingerprint density at radius 3 is 2.38 bits per heavy atom. The van der Waals surface area contributed by atoms with E-state index in [1.807, 2.05) is 12.1 Å². The molecule has 0 N–H and O–H groups in total. The summed E-state index contributed by atoms with van der Waals surface area (Å²) in [6.07, 6.45) is 2.17. The lowest BCUT2D eigenvalue weighted by Crippen LogP contribution is -2.17. The maximum atomic E-state index is 6.14. The van der Waals surface area contributed by atoms with Crippen molar-refractivity contribution in [2.75, 3.05) is 14.1 Å². The standard InChI is InChI=1S/C18H19Cl2N/c1-21(2)18-11-13(14-5-3-4-6-15(14)18)9-12-7-8-16(19)17(20)10-12/h3-8,10,13,18H,9,11H2,1-2H3/t13-,18-/m1/s1. The summed E-state index contributed by atoms with van der Waals surface area (Å²) in [6, 6.07) is 15.3. The molecule has 0 aromatic heterocycles. The van der Waals surface area contributed by atoms with E-state index in [0.29, 0.717) is 22.0 Å². The van der Waals surface area contributed by atoms with Crippen LogP contribution >= 0.6 is 23.2 Å². The Morgan fingerprint density at radius 1 is 1.00 bits per heavy atom. The average molecular weight is 320 g/mol. The number of hydrogen-bond donors (Lipinski definition) is 0. The molecule has 2 atom stereocenters. The van der Waals surface area contributed by atoms with Gasteiger partial charge < -0.3 is 4.90 Å². The van der Waals surface area contributed by atoms with E-state index in [9.17, 15) is 0 Å². The lowest BCUT2D eigenvalue weighted by molar-refractivity contribution is 0.288. The van der Waals surface area contributed by atoms with Crippen molar-refractivity contribution < 1.29 is 0 Å². The molecular formula is C18H19Cl2N. The Kier molecular flexibility index (Phi) is 4.26. The molecule has 1 aliphatic carbocycles. The van der Waals surface area contributed by atoms with E-state index in [1.54, 1.807) is 0 Å². The summed E-state index contributed by atoms with van der Waals surface area (Å²) >= 11 is 12.1. The summed E-state index contributed by atoms with van der Waals surface area (Å²) in [7, 11) is 4.31. The molecule has 2 aromatic rings. The van der Waals surface area contributed by atoms with Gasteiger partial charge in [-0.25, -0.2) is 0 Å². The van der Waals surface area contributed by atoms with E-state index in [1.165, 1.54) is 16.7 Å². The number of hydrogen-bond acceptors (Lipinski definition) is 1. The van der Waals surface area contributed by atoms with Gasteiger partial charge in [-0.3, -0.25) is 0 Å². The second-order valence-corrected chi connectivity index (χ2v) is 6.81. The maximum absolute atomic E-state index is 6.14. The van der Waals surface area contributed by atoms with E-state index >= 15 is 0 Å². The largest absolute Gasteiger partial charge is 0.302 e. The van der Waals surface area contributed by atoms with Crippen LogP contribution in [-0.2, 0) is 6.42 Å². The van der Waals surface area contributed by atoms with Crippen LogP contribution in [0.15, 0.2) is 42.5 Å². The third-order valence-electron chi connectivity index (χ3n) is 4.39. The fourth-order valence-corrected chi connectivity index (χ4v) is 3.66. The Bertz CT molecular complexity index is 651. The number of halogens is 2. The third kappa shape index (κ3) is 2.96. The first-order chi connectivity index (χ1) is 10.1. The van der Waals surface area contributed by atoms with Gasteiger partial charge in [0.25, 0.3) is 0 Å². The monoisotopic (exact) mass is 319 g/mol. The third-order valence-corrected chi connectivity index (χ3v) is 5.13. The van der Waals surface area contributed by atoms with Gasteiger partial charge in [0.2, 0.25) is 0 Å². The molecule has 0 radical (unpaired) electrons. The van der Waals surface area contributed by atoms with Crippen LogP contribution in [0, 0.1) is 0 Å². The second kappa shape index (κ2) is 6.00. The molecule has 1 aliphatic rings. The highest BCUT2D eigenvalue weighted by atomic mass is 35.5. The molecule has 3 rings (SSSR count). The van der Waals surface area contributed by atoms with Gasteiger partial charge in [0.15, 0.2) is 0 Å². The Morgan fingerprint density at radius 2 is 1.71 bits per heavy atom. The Labute approximate surface area is 136 Å². The van der Waals surface area contributed by atoms with Crippen LogP contribution in [0.1, 0.15) is 35.1 Å². The summed E-state index contributed by atoms with van der Waals surface area (Å²) in [6.45, 7) is 0. The van der Waals surface area contributed by atoms with Crippen LogP contribution in [-0.4, -0.2) is 19.0 Å². The fraction of sp³-hybridized carbons (Fsp3) is 0.333. The molecule has 0 bridgehead atoms. The molecule has 0 aliphatic heterocycles. The van der Waals surface area contributed by atoms with Crippen molar-refractivity contribution in [1.29, 1.82) is 0 Å². The molecule has 0 heterocycles. The molecule has 110 valence electrons. The van der Waals surface area contributed by atoms with Gasteiger partial charge in [-0.1, -0.05) is 53.5 Å². The first kappa shape index (κ1) is 14.9. The zero-order valence-corrected chi connectivity index (χ0v) is 13.8. The molecule has 0 saturated carbocycles. The summed E-state index contributed by atoms with van der Waals surface area (Å²) in [5.74, 6) is 0.547. The van der Waals surface area contributed by atoms with E-state index < -0.39 is 0 Å². The molecule has 0 amide bonds. The summed E-state index contributed by atoms with van der Waals surface area (Å²) in [5, 5.41) is 1.27. The Hall–Kier alpha value is -1.02. The van der Waals surface area contributed by atoms with E-state index in [-0.39, 0.29) is 0 Å². The van der Waals surface area contributed by atoms with Gasteiger partial charge in [-0.05, 0) is 61.7 Å². The summed E-state index contributed by atoms with van der Waals surface area (Å²) in [4.78, 5) is 2.31. The number of nitrogens with zero attached hydrogens (tertiary/aromatic N) is 1. The van der Waals surface area contributed by atoms with E-state index in [0.717, 1.165) is 12.8 Å². The number of benzene rings is 2.